The third kappa shape index (κ3) is 5.35. The number of methoxy groups -OCH3 is 1. The number of carbonyl (C=O) groups is 1. The van der Waals surface area contributed by atoms with Gasteiger partial charge in [-0.2, -0.15) is 0 Å². The Morgan fingerprint density at radius 1 is 1.19 bits per heavy atom. The molecule has 0 heterocycles. The first kappa shape index (κ1) is 23.0. The van der Waals surface area contributed by atoms with E-state index in [0.29, 0.717) is 19.3 Å². The average Bonchev–Trinajstić information content (AvgIpc) is 3.12. The number of carbonyl (C=O) groups excluding carboxylic acids is 1. The molecule has 168 valence electrons. The molecule has 7 nitrogen and oxygen atoms in total. The van der Waals surface area contributed by atoms with Crippen LogP contribution in [0.25, 0.3) is 0 Å². The number of hydrogen-bond donors (Lipinski definition) is 3. The van der Waals surface area contributed by atoms with Gasteiger partial charge >= 0.3 is 0 Å². The monoisotopic (exact) mass is 458 g/mol. The zero-order valence-corrected chi connectivity index (χ0v) is 17.3. The molecule has 1 fully saturated rings. The van der Waals surface area contributed by atoms with Gasteiger partial charge < -0.3 is 15.2 Å². The molecule has 3 N–H and O–H groups in total. The second-order valence-corrected chi connectivity index (χ2v) is 8.85. The van der Waals surface area contributed by atoms with Crippen LogP contribution in [0, 0.1) is 5.82 Å². The maximum atomic E-state index is 13.5. The second-order valence-electron chi connectivity index (χ2n) is 7.14. The van der Waals surface area contributed by atoms with Crippen LogP contribution < -0.4 is 14.8 Å². The number of anilines is 1. The SMILES string of the molecule is COc1ccc(S(=O)(=O)N[C@H]2CC[C@@H](O)C2)cc1C(=O)Nc1ccc(F)c(C(F)F)c1. The molecule has 0 unspecified atom stereocenters. The second kappa shape index (κ2) is 9.25. The third-order valence-corrected chi connectivity index (χ3v) is 6.46. The standard InChI is InChI=1S/C20H21F3N2O5S/c1-30-18-7-5-14(31(28,29)25-12-2-4-13(26)8-12)10-16(18)20(27)24-11-3-6-17(21)15(9-11)19(22)23/h3,5-7,9-10,12-13,19,25-26H,2,4,8H2,1H3,(H,24,27)/t12-,13+/m0/s1. The molecule has 11 heteroatoms. The van der Waals surface area contributed by atoms with Gasteiger partial charge in [0.1, 0.15) is 11.6 Å². The van der Waals surface area contributed by atoms with Crippen molar-refractivity contribution in [3.63, 3.8) is 0 Å². The van der Waals surface area contributed by atoms with Crippen LogP contribution in [0.4, 0.5) is 18.9 Å². The molecule has 0 aromatic heterocycles. The molecular formula is C20H21F3N2O5S. The summed E-state index contributed by atoms with van der Waals surface area (Å²) in [6.07, 6.45) is -2.37. The molecule has 31 heavy (non-hydrogen) atoms. The molecule has 2 aromatic carbocycles. The zero-order valence-electron chi connectivity index (χ0n) is 16.4. The first-order chi connectivity index (χ1) is 14.6. The number of hydrogen-bond acceptors (Lipinski definition) is 5. The van der Waals surface area contributed by atoms with Crippen molar-refractivity contribution in [2.45, 2.75) is 42.7 Å². The van der Waals surface area contributed by atoms with Crippen molar-refractivity contribution in [3.05, 3.63) is 53.3 Å². The number of benzene rings is 2. The van der Waals surface area contributed by atoms with E-state index >= 15 is 0 Å². The van der Waals surface area contributed by atoms with E-state index in [2.05, 4.69) is 10.0 Å². The van der Waals surface area contributed by atoms with Gasteiger partial charge in [-0.1, -0.05) is 0 Å². The van der Waals surface area contributed by atoms with Gasteiger partial charge in [-0.05, 0) is 55.7 Å². The lowest BCUT2D eigenvalue weighted by Gasteiger charge is -2.15. The molecule has 0 spiro atoms. The molecular weight excluding hydrogens is 437 g/mol. The Kier molecular flexibility index (Phi) is 6.87. The molecule has 1 amide bonds. The van der Waals surface area contributed by atoms with Crippen molar-refractivity contribution in [2.24, 2.45) is 0 Å². The number of aliphatic hydroxyl groups is 1. The number of nitrogens with one attached hydrogen (secondary N) is 2. The lowest BCUT2D eigenvalue weighted by atomic mass is 10.1. The summed E-state index contributed by atoms with van der Waals surface area (Å²) in [5.74, 6) is -1.87. The lowest BCUT2D eigenvalue weighted by Crippen LogP contribution is -2.33. The highest BCUT2D eigenvalue weighted by atomic mass is 32.2. The highest BCUT2D eigenvalue weighted by Gasteiger charge is 2.28. The maximum absolute atomic E-state index is 13.5. The van der Waals surface area contributed by atoms with E-state index in [9.17, 15) is 31.5 Å². The van der Waals surface area contributed by atoms with E-state index in [1.165, 1.54) is 19.2 Å². The van der Waals surface area contributed by atoms with Crippen LogP contribution in [0.5, 0.6) is 5.75 Å². The van der Waals surface area contributed by atoms with E-state index in [4.69, 9.17) is 4.74 Å². The van der Waals surface area contributed by atoms with E-state index in [1.54, 1.807) is 0 Å². The van der Waals surface area contributed by atoms with Crippen LogP contribution in [0.2, 0.25) is 0 Å². The smallest absolute Gasteiger partial charge is 0.266 e. The van der Waals surface area contributed by atoms with E-state index < -0.39 is 45.9 Å². The van der Waals surface area contributed by atoms with Crippen molar-refractivity contribution >= 4 is 21.6 Å². The fourth-order valence-electron chi connectivity index (χ4n) is 3.37. The average molecular weight is 458 g/mol. The molecule has 0 radical (unpaired) electrons. The summed E-state index contributed by atoms with van der Waals surface area (Å²) in [5, 5.41) is 11.9. The van der Waals surface area contributed by atoms with Crippen LogP contribution in [-0.2, 0) is 10.0 Å². The van der Waals surface area contributed by atoms with Crippen LogP contribution >= 0.6 is 0 Å². The molecule has 1 saturated carbocycles. The molecule has 0 bridgehead atoms. The summed E-state index contributed by atoms with van der Waals surface area (Å²) in [5.41, 5.74) is -1.11. The summed E-state index contributed by atoms with van der Waals surface area (Å²) in [4.78, 5) is 12.5. The zero-order chi connectivity index (χ0) is 22.8. The minimum Gasteiger partial charge on any atom is -0.496 e. The summed E-state index contributed by atoms with van der Waals surface area (Å²) < 4.78 is 72.3. The Bertz CT molecular complexity index is 1080. The largest absolute Gasteiger partial charge is 0.496 e. The molecule has 3 rings (SSSR count). The Morgan fingerprint density at radius 3 is 2.55 bits per heavy atom. The number of aliphatic hydroxyl groups excluding tert-OH is 1. The number of ether oxygens (including phenoxy) is 1. The van der Waals surface area contributed by atoms with Crippen LogP contribution in [0.3, 0.4) is 0 Å². The first-order valence-corrected chi connectivity index (χ1v) is 10.9. The Balaban J connectivity index is 1.86. The Hall–Kier alpha value is -2.63. The van der Waals surface area contributed by atoms with Gasteiger partial charge in [0, 0.05) is 11.7 Å². The van der Waals surface area contributed by atoms with Gasteiger partial charge in [-0.25, -0.2) is 26.3 Å². The van der Waals surface area contributed by atoms with Crippen molar-refractivity contribution < 1.29 is 36.2 Å². The Labute approximate surface area is 177 Å². The number of sulfonamides is 1. The van der Waals surface area contributed by atoms with Gasteiger partial charge in [0.25, 0.3) is 12.3 Å². The molecule has 0 saturated heterocycles. The topological polar surface area (TPSA) is 105 Å². The summed E-state index contributed by atoms with van der Waals surface area (Å²) >= 11 is 0. The van der Waals surface area contributed by atoms with E-state index in [0.717, 1.165) is 24.3 Å². The molecule has 0 aliphatic heterocycles. The maximum Gasteiger partial charge on any atom is 0.266 e. The van der Waals surface area contributed by atoms with Crippen molar-refractivity contribution in [1.29, 1.82) is 0 Å². The van der Waals surface area contributed by atoms with E-state index in [-0.39, 0.29) is 21.9 Å². The molecule has 2 atom stereocenters. The van der Waals surface area contributed by atoms with Crippen molar-refractivity contribution in [2.75, 3.05) is 12.4 Å². The highest BCUT2D eigenvalue weighted by molar-refractivity contribution is 7.89. The van der Waals surface area contributed by atoms with Crippen LogP contribution in [-0.4, -0.2) is 38.7 Å². The van der Waals surface area contributed by atoms with Gasteiger partial charge in [-0.3, -0.25) is 4.79 Å². The highest BCUT2D eigenvalue weighted by Crippen LogP contribution is 2.28. The molecule has 1 aliphatic carbocycles. The normalized spacial score (nSPS) is 18.9. The number of alkyl halides is 2. The van der Waals surface area contributed by atoms with Gasteiger partial charge in [-0.15, -0.1) is 0 Å². The summed E-state index contributed by atoms with van der Waals surface area (Å²) in [6, 6.07) is 5.94. The number of halogens is 3. The lowest BCUT2D eigenvalue weighted by molar-refractivity contribution is 0.102. The first-order valence-electron chi connectivity index (χ1n) is 9.38. The van der Waals surface area contributed by atoms with Gasteiger partial charge in [0.15, 0.2) is 0 Å². The van der Waals surface area contributed by atoms with E-state index in [1.807, 2.05) is 0 Å². The predicted octanol–water partition coefficient (Wildman–Crippen LogP) is 3.22. The number of rotatable bonds is 7. The molecule has 2 aromatic rings. The van der Waals surface area contributed by atoms with Gasteiger partial charge in [0.2, 0.25) is 10.0 Å². The quantitative estimate of drug-likeness (QED) is 0.591. The minimum atomic E-state index is -3.99. The molecule has 1 aliphatic rings. The van der Waals surface area contributed by atoms with Crippen molar-refractivity contribution in [1.82, 2.24) is 4.72 Å². The van der Waals surface area contributed by atoms with Gasteiger partial charge in [0.05, 0.1) is 29.2 Å². The fourth-order valence-corrected chi connectivity index (χ4v) is 4.68. The third-order valence-electron chi connectivity index (χ3n) is 4.94. The number of amides is 1. The summed E-state index contributed by atoms with van der Waals surface area (Å²) in [6.45, 7) is 0. The summed E-state index contributed by atoms with van der Waals surface area (Å²) in [7, 11) is -2.71. The Morgan fingerprint density at radius 2 is 1.94 bits per heavy atom. The van der Waals surface area contributed by atoms with Crippen LogP contribution in [0.1, 0.15) is 41.6 Å². The van der Waals surface area contributed by atoms with Crippen LogP contribution in [0.15, 0.2) is 41.3 Å². The fraction of sp³-hybridized carbons (Fsp3) is 0.350. The van der Waals surface area contributed by atoms with Crippen molar-refractivity contribution in [3.8, 4) is 5.75 Å². The minimum absolute atomic E-state index is 0.0592. The predicted molar refractivity (Wildman–Crippen MR) is 106 cm³/mol.